The number of nitriles is 1. The van der Waals surface area contributed by atoms with Crippen molar-refractivity contribution in [3.05, 3.63) is 73.1 Å². The number of rotatable bonds is 3. The molecule has 6 heteroatoms. The molecule has 0 bridgehead atoms. The maximum atomic E-state index is 9.71. The van der Waals surface area contributed by atoms with Gasteiger partial charge in [-0.05, 0) is 35.9 Å². The molecule has 4 nitrogen and oxygen atoms in total. The van der Waals surface area contributed by atoms with Crippen LogP contribution in [-0.4, -0.2) is 19.6 Å². The van der Waals surface area contributed by atoms with E-state index in [4.69, 9.17) is 10.5 Å². The number of quaternary nitrogens is 1. The summed E-state index contributed by atoms with van der Waals surface area (Å²) in [7, 11) is 0. The third kappa shape index (κ3) is 2.99. The molecule has 2 atom stereocenters. The van der Waals surface area contributed by atoms with E-state index in [-0.39, 0.29) is 11.8 Å². The molecule has 0 aromatic carbocycles. The van der Waals surface area contributed by atoms with Gasteiger partial charge in [-0.2, -0.15) is 5.26 Å². The first-order valence-electron chi connectivity index (χ1n) is 8.63. The lowest BCUT2D eigenvalue weighted by molar-refractivity contribution is -0.890. The fourth-order valence-corrected chi connectivity index (χ4v) is 5.16. The summed E-state index contributed by atoms with van der Waals surface area (Å²) in [5, 5.41) is 13.8. The summed E-state index contributed by atoms with van der Waals surface area (Å²) in [6, 6.07) is 10.6. The van der Waals surface area contributed by atoms with Crippen LogP contribution in [-0.2, 0) is 4.74 Å². The maximum Gasteiger partial charge on any atom is 0.205 e. The molecule has 4 heterocycles. The molecule has 3 N–H and O–H groups in total. The number of nitrogens with one attached hydrogen (secondary N) is 1. The smallest absolute Gasteiger partial charge is 0.205 e. The van der Waals surface area contributed by atoms with Crippen LogP contribution in [0.3, 0.4) is 0 Å². The lowest BCUT2D eigenvalue weighted by atomic mass is 9.84. The second-order valence-corrected chi connectivity index (χ2v) is 8.40. The first kappa shape index (κ1) is 17.1. The average Bonchev–Trinajstić information content (AvgIpc) is 3.34. The predicted octanol–water partition coefficient (Wildman–Crippen LogP) is 2.87. The molecule has 1 unspecified atom stereocenters. The van der Waals surface area contributed by atoms with Crippen molar-refractivity contribution in [1.29, 1.82) is 5.26 Å². The normalized spacial score (nSPS) is 24.4. The van der Waals surface area contributed by atoms with Crippen molar-refractivity contribution in [2.45, 2.75) is 12.8 Å². The molecule has 2 aromatic rings. The van der Waals surface area contributed by atoms with Gasteiger partial charge in [0.2, 0.25) is 5.88 Å². The van der Waals surface area contributed by atoms with Crippen molar-refractivity contribution in [3.63, 3.8) is 0 Å². The highest BCUT2D eigenvalue weighted by Gasteiger charge is 2.39. The van der Waals surface area contributed by atoms with Crippen molar-refractivity contribution in [2.75, 3.05) is 19.6 Å². The summed E-state index contributed by atoms with van der Waals surface area (Å²) in [5.74, 6) is 1.00. The molecule has 26 heavy (non-hydrogen) atoms. The van der Waals surface area contributed by atoms with Crippen molar-refractivity contribution in [2.24, 2.45) is 5.73 Å². The minimum atomic E-state index is -0.0997. The van der Waals surface area contributed by atoms with Gasteiger partial charge in [0.15, 0.2) is 0 Å². The SMILES string of the molecule is CC[NH+]1CC(=Cc2cccs2)C2=C(C1)[C@H](c1cccs1)C(C#N)=C(N)O2. The fraction of sp³-hybridized carbons (Fsp3) is 0.250. The number of allylic oxidation sites excluding steroid dienone is 1. The molecule has 2 aliphatic heterocycles. The Hall–Kier alpha value is -2.33. The molecular weight excluding hydrogens is 362 g/mol. The zero-order chi connectivity index (χ0) is 18.1. The van der Waals surface area contributed by atoms with Crippen molar-refractivity contribution in [3.8, 4) is 6.07 Å². The van der Waals surface area contributed by atoms with E-state index in [2.05, 4.69) is 42.6 Å². The summed E-state index contributed by atoms with van der Waals surface area (Å²) >= 11 is 3.38. The highest BCUT2D eigenvalue weighted by Crippen LogP contribution is 2.43. The van der Waals surface area contributed by atoms with Crippen LogP contribution in [0.5, 0.6) is 0 Å². The Morgan fingerprint density at radius 2 is 2.12 bits per heavy atom. The second kappa shape index (κ2) is 7.12. The largest absolute Gasteiger partial charge is 0.440 e. The highest BCUT2D eigenvalue weighted by molar-refractivity contribution is 7.10. The van der Waals surface area contributed by atoms with E-state index in [9.17, 15) is 5.26 Å². The van der Waals surface area contributed by atoms with Gasteiger partial charge in [0.05, 0.1) is 18.0 Å². The van der Waals surface area contributed by atoms with Gasteiger partial charge >= 0.3 is 0 Å². The number of ether oxygens (including phenoxy) is 1. The standard InChI is InChI=1S/C20H19N3OS2/c1-2-23-11-13(9-14-5-3-7-25-14)19-16(12-23)18(17-6-4-8-26-17)15(10-21)20(22)24-19/h3-9,18H,2,11-12,22H2,1H3/p+1/t18-/m1/s1. The van der Waals surface area contributed by atoms with Crippen LogP contribution in [0.25, 0.3) is 6.08 Å². The van der Waals surface area contributed by atoms with E-state index in [1.165, 1.54) is 15.4 Å². The van der Waals surface area contributed by atoms with Crippen LogP contribution in [0, 0.1) is 11.3 Å². The Kier molecular flexibility index (Phi) is 4.68. The van der Waals surface area contributed by atoms with Gasteiger partial charge in [0, 0.05) is 15.3 Å². The molecule has 0 saturated heterocycles. The topological polar surface area (TPSA) is 63.5 Å². The van der Waals surface area contributed by atoms with Crippen LogP contribution < -0.4 is 10.6 Å². The lowest BCUT2D eigenvalue weighted by Gasteiger charge is -2.35. The zero-order valence-electron chi connectivity index (χ0n) is 14.5. The Balaban J connectivity index is 1.87. The minimum Gasteiger partial charge on any atom is -0.440 e. The number of hydrogen-bond donors (Lipinski definition) is 2. The summed E-state index contributed by atoms with van der Waals surface area (Å²) in [6.45, 7) is 4.99. The van der Waals surface area contributed by atoms with Crippen LogP contribution in [0.2, 0.25) is 0 Å². The quantitative estimate of drug-likeness (QED) is 0.858. The van der Waals surface area contributed by atoms with E-state index < -0.39 is 0 Å². The molecule has 0 radical (unpaired) electrons. The predicted molar refractivity (Wildman–Crippen MR) is 106 cm³/mol. The molecule has 0 fully saturated rings. The van der Waals surface area contributed by atoms with Gasteiger partial charge in [-0.15, -0.1) is 22.7 Å². The van der Waals surface area contributed by atoms with E-state index in [0.29, 0.717) is 5.57 Å². The summed E-state index contributed by atoms with van der Waals surface area (Å²) in [5.41, 5.74) is 9.03. The van der Waals surface area contributed by atoms with Crippen molar-refractivity contribution in [1.82, 2.24) is 0 Å². The molecule has 132 valence electrons. The summed E-state index contributed by atoms with van der Waals surface area (Å²) in [6.07, 6.45) is 2.20. The third-order valence-corrected chi connectivity index (χ3v) is 6.64. The van der Waals surface area contributed by atoms with E-state index in [1.807, 2.05) is 11.4 Å². The van der Waals surface area contributed by atoms with Gasteiger partial charge in [-0.25, -0.2) is 0 Å². The first-order valence-corrected chi connectivity index (χ1v) is 10.4. The lowest BCUT2D eigenvalue weighted by Crippen LogP contribution is -3.12. The number of nitrogens with two attached hydrogens (primary N) is 1. The molecule has 4 rings (SSSR count). The Bertz CT molecular complexity index is 930. The van der Waals surface area contributed by atoms with Gasteiger partial charge in [0.1, 0.15) is 30.5 Å². The summed E-state index contributed by atoms with van der Waals surface area (Å²) in [4.78, 5) is 3.82. The average molecular weight is 383 g/mol. The van der Waals surface area contributed by atoms with E-state index >= 15 is 0 Å². The van der Waals surface area contributed by atoms with Gasteiger partial charge in [0.25, 0.3) is 0 Å². The second-order valence-electron chi connectivity index (χ2n) is 6.44. The first-order chi connectivity index (χ1) is 12.7. The van der Waals surface area contributed by atoms with Crippen molar-refractivity contribution < 1.29 is 9.64 Å². The van der Waals surface area contributed by atoms with Crippen LogP contribution >= 0.6 is 22.7 Å². The van der Waals surface area contributed by atoms with Gasteiger partial charge < -0.3 is 15.4 Å². The van der Waals surface area contributed by atoms with E-state index in [0.717, 1.165) is 35.8 Å². The maximum absolute atomic E-state index is 9.71. The number of likely N-dealkylation sites (N-methyl/N-ethyl adjacent to an activating group) is 1. The van der Waals surface area contributed by atoms with Crippen LogP contribution in [0.4, 0.5) is 0 Å². The monoisotopic (exact) mass is 382 g/mol. The Morgan fingerprint density at radius 3 is 2.77 bits per heavy atom. The molecule has 2 aromatic heterocycles. The molecule has 0 saturated carbocycles. The minimum absolute atomic E-state index is 0.0997. The Labute approximate surface area is 161 Å². The fourth-order valence-electron chi connectivity index (χ4n) is 3.61. The molecule has 0 spiro atoms. The molecule has 0 amide bonds. The zero-order valence-corrected chi connectivity index (χ0v) is 16.1. The molecule has 2 aliphatic rings. The number of hydrogen-bond acceptors (Lipinski definition) is 5. The number of nitrogens with zero attached hydrogens (tertiary/aromatic N) is 1. The van der Waals surface area contributed by atoms with Crippen LogP contribution in [0.1, 0.15) is 22.6 Å². The molecular formula is C20H20N3OS2+. The number of thiophene rings is 2. The van der Waals surface area contributed by atoms with Gasteiger partial charge in [-0.3, -0.25) is 0 Å². The Morgan fingerprint density at radius 1 is 1.31 bits per heavy atom. The highest BCUT2D eigenvalue weighted by atomic mass is 32.1. The van der Waals surface area contributed by atoms with Crippen molar-refractivity contribution >= 4 is 28.7 Å². The molecule has 0 aliphatic carbocycles. The summed E-state index contributed by atoms with van der Waals surface area (Å²) < 4.78 is 6.02. The third-order valence-electron chi connectivity index (χ3n) is 4.89. The van der Waals surface area contributed by atoms with Crippen LogP contribution in [0.15, 0.2) is 63.4 Å². The van der Waals surface area contributed by atoms with E-state index in [1.54, 1.807) is 22.7 Å². The van der Waals surface area contributed by atoms with Gasteiger partial charge in [-0.1, -0.05) is 12.1 Å².